The second-order valence-corrected chi connectivity index (χ2v) is 4.67. The van der Waals surface area contributed by atoms with Gasteiger partial charge in [0.15, 0.2) is 0 Å². The summed E-state index contributed by atoms with van der Waals surface area (Å²) in [7, 11) is 0. The lowest BCUT2D eigenvalue weighted by molar-refractivity contribution is 0.275. The maximum absolute atomic E-state index is 13.2. The van der Waals surface area contributed by atoms with Gasteiger partial charge in [-0.3, -0.25) is 0 Å². The molecule has 0 saturated carbocycles. The fraction of sp³-hybridized carbons (Fsp3) is 0.176. The number of nitrogens with one attached hydrogen (secondary N) is 1. The number of halogens is 2. The summed E-state index contributed by atoms with van der Waals surface area (Å²) in [6, 6.07) is 10.9. The van der Waals surface area contributed by atoms with E-state index in [4.69, 9.17) is 5.11 Å². The predicted molar refractivity (Wildman–Crippen MR) is 79.5 cm³/mol. The maximum atomic E-state index is 13.2. The van der Waals surface area contributed by atoms with Crippen LogP contribution in [-0.2, 0) is 13.2 Å². The molecule has 110 valence electrons. The molecule has 0 saturated heterocycles. The Morgan fingerprint density at radius 1 is 1.05 bits per heavy atom. The van der Waals surface area contributed by atoms with Crippen molar-refractivity contribution in [2.45, 2.75) is 13.2 Å². The molecule has 0 unspecified atom stereocenters. The molecule has 0 aromatic heterocycles. The molecule has 0 heterocycles. The lowest BCUT2D eigenvalue weighted by Crippen LogP contribution is -2.13. The summed E-state index contributed by atoms with van der Waals surface area (Å²) < 4.78 is 25.9. The standard InChI is InChI=1S/C17H17F2NO/c18-16-6-3-13(4-7-16)2-1-9-20-11-14-5-8-17(19)15(10-14)12-21/h1-8,10,20-21H,9,11-12H2/b2-1+. The molecule has 0 aliphatic rings. The number of aliphatic hydroxyl groups is 1. The molecule has 4 heteroatoms. The first-order chi connectivity index (χ1) is 10.2. The molecular weight excluding hydrogens is 272 g/mol. The molecule has 2 aromatic rings. The monoisotopic (exact) mass is 289 g/mol. The Morgan fingerprint density at radius 2 is 1.81 bits per heavy atom. The highest BCUT2D eigenvalue weighted by Crippen LogP contribution is 2.10. The van der Waals surface area contributed by atoms with Crippen molar-refractivity contribution in [3.8, 4) is 0 Å². The molecule has 0 amide bonds. The minimum atomic E-state index is -0.391. The first kappa shape index (κ1) is 15.4. The van der Waals surface area contributed by atoms with Crippen molar-refractivity contribution in [1.29, 1.82) is 0 Å². The quantitative estimate of drug-likeness (QED) is 0.800. The first-order valence-corrected chi connectivity index (χ1v) is 6.70. The Labute approximate surface area is 122 Å². The van der Waals surface area contributed by atoms with Crippen molar-refractivity contribution in [3.05, 3.63) is 76.9 Å². The van der Waals surface area contributed by atoms with Gasteiger partial charge in [0.25, 0.3) is 0 Å². The summed E-state index contributed by atoms with van der Waals surface area (Å²) >= 11 is 0. The van der Waals surface area contributed by atoms with Gasteiger partial charge in [0.1, 0.15) is 11.6 Å². The summed E-state index contributed by atoms with van der Waals surface area (Å²) in [5.41, 5.74) is 2.15. The Morgan fingerprint density at radius 3 is 2.52 bits per heavy atom. The van der Waals surface area contributed by atoms with Gasteiger partial charge in [-0.2, -0.15) is 0 Å². The number of aliphatic hydroxyl groups excluding tert-OH is 1. The van der Waals surface area contributed by atoms with Crippen LogP contribution >= 0.6 is 0 Å². The van der Waals surface area contributed by atoms with Crippen LogP contribution in [0.5, 0.6) is 0 Å². The maximum Gasteiger partial charge on any atom is 0.128 e. The van der Waals surface area contributed by atoms with E-state index in [9.17, 15) is 8.78 Å². The van der Waals surface area contributed by atoms with Crippen molar-refractivity contribution >= 4 is 6.08 Å². The van der Waals surface area contributed by atoms with Crippen molar-refractivity contribution in [2.75, 3.05) is 6.54 Å². The molecule has 0 fully saturated rings. The van der Waals surface area contributed by atoms with Crippen molar-refractivity contribution in [2.24, 2.45) is 0 Å². The zero-order valence-corrected chi connectivity index (χ0v) is 11.5. The van der Waals surface area contributed by atoms with E-state index in [0.29, 0.717) is 18.7 Å². The van der Waals surface area contributed by atoms with E-state index >= 15 is 0 Å². The van der Waals surface area contributed by atoms with Crippen LogP contribution in [0.15, 0.2) is 48.5 Å². The van der Waals surface area contributed by atoms with Crippen LogP contribution in [0.25, 0.3) is 6.08 Å². The van der Waals surface area contributed by atoms with Crippen LogP contribution in [0, 0.1) is 11.6 Å². The van der Waals surface area contributed by atoms with E-state index < -0.39 is 5.82 Å². The van der Waals surface area contributed by atoms with Crippen LogP contribution < -0.4 is 5.32 Å². The second-order valence-electron chi connectivity index (χ2n) is 4.67. The van der Waals surface area contributed by atoms with E-state index in [1.807, 2.05) is 12.2 Å². The van der Waals surface area contributed by atoms with Gasteiger partial charge >= 0.3 is 0 Å². The molecule has 2 rings (SSSR count). The Hall–Kier alpha value is -2.04. The zero-order valence-electron chi connectivity index (χ0n) is 11.5. The summed E-state index contributed by atoms with van der Waals surface area (Å²) in [4.78, 5) is 0. The summed E-state index contributed by atoms with van der Waals surface area (Å²) in [6.07, 6.45) is 3.83. The Kier molecular flexibility index (Phi) is 5.60. The molecular formula is C17H17F2NO. The molecule has 0 radical (unpaired) electrons. The summed E-state index contributed by atoms with van der Waals surface area (Å²) in [6.45, 7) is 0.925. The Balaban J connectivity index is 1.80. The van der Waals surface area contributed by atoms with Gasteiger partial charge in [0.2, 0.25) is 0 Å². The van der Waals surface area contributed by atoms with Gasteiger partial charge in [0, 0.05) is 18.7 Å². The van der Waals surface area contributed by atoms with Gasteiger partial charge in [-0.05, 0) is 35.4 Å². The number of benzene rings is 2. The van der Waals surface area contributed by atoms with E-state index in [1.165, 1.54) is 18.2 Å². The van der Waals surface area contributed by atoms with Crippen LogP contribution in [0.1, 0.15) is 16.7 Å². The lowest BCUT2D eigenvalue weighted by Gasteiger charge is -2.05. The third-order valence-electron chi connectivity index (χ3n) is 3.05. The lowest BCUT2D eigenvalue weighted by atomic mass is 10.1. The van der Waals surface area contributed by atoms with Crippen LogP contribution in [0.3, 0.4) is 0 Å². The molecule has 0 aliphatic heterocycles. The fourth-order valence-corrected chi connectivity index (χ4v) is 1.93. The van der Waals surface area contributed by atoms with Gasteiger partial charge in [0.05, 0.1) is 6.61 Å². The van der Waals surface area contributed by atoms with Gasteiger partial charge < -0.3 is 10.4 Å². The fourth-order valence-electron chi connectivity index (χ4n) is 1.93. The number of hydrogen-bond donors (Lipinski definition) is 2. The topological polar surface area (TPSA) is 32.3 Å². The largest absolute Gasteiger partial charge is 0.392 e. The SMILES string of the molecule is OCc1cc(CNC/C=C/c2ccc(F)cc2)ccc1F. The molecule has 0 bridgehead atoms. The first-order valence-electron chi connectivity index (χ1n) is 6.70. The molecule has 0 spiro atoms. The molecule has 21 heavy (non-hydrogen) atoms. The summed E-state index contributed by atoms with van der Waals surface area (Å²) in [5.74, 6) is -0.640. The molecule has 0 aliphatic carbocycles. The van der Waals surface area contributed by atoms with Gasteiger partial charge in [-0.25, -0.2) is 8.78 Å². The van der Waals surface area contributed by atoms with Gasteiger partial charge in [-0.15, -0.1) is 0 Å². The van der Waals surface area contributed by atoms with E-state index in [1.54, 1.807) is 24.3 Å². The Bertz CT molecular complexity index is 609. The van der Waals surface area contributed by atoms with E-state index in [0.717, 1.165) is 11.1 Å². The molecule has 2 nitrogen and oxygen atoms in total. The third-order valence-corrected chi connectivity index (χ3v) is 3.05. The minimum Gasteiger partial charge on any atom is -0.392 e. The third kappa shape index (κ3) is 4.77. The molecule has 0 atom stereocenters. The minimum absolute atomic E-state index is 0.249. The van der Waals surface area contributed by atoms with Crippen molar-refractivity contribution in [1.82, 2.24) is 5.32 Å². The van der Waals surface area contributed by atoms with Gasteiger partial charge in [-0.1, -0.05) is 30.4 Å². The van der Waals surface area contributed by atoms with Crippen molar-refractivity contribution < 1.29 is 13.9 Å². The zero-order chi connectivity index (χ0) is 15.1. The van der Waals surface area contributed by atoms with Crippen LogP contribution in [-0.4, -0.2) is 11.7 Å². The number of rotatable bonds is 6. The normalized spacial score (nSPS) is 11.2. The van der Waals surface area contributed by atoms with Crippen molar-refractivity contribution in [3.63, 3.8) is 0 Å². The van der Waals surface area contributed by atoms with E-state index in [-0.39, 0.29) is 12.4 Å². The molecule has 2 aromatic carbocycles. The molecule has 2 N–H and O–H groups in total. The van der Waals surface area contributed by atoms with E-state index in [2.05, 4.69) is 5.32 Å². The predicted octanol–water partition coefficient (Wildman–Crippen LogP) is 3.26. The highest BCUT2D eigenvalue weighted by Gasteiger charge is 2.01. The highest BCUT2D eigenvalue weighted by atomic mass is 19.1. The second kappa shape index (κ2) is 7.67. The summed E-state index contributed by atoms with van der Waals surface area (Å²) in [5, 5.41) is 12.2. The number of hydrogen-bond acceptors (Lipinski definition) is 2. The van der Waals surface area contributed by atoms with Crippen LogP contribution in [0.4, 0.5) is 8.78 Å². The van der Waals surface area contributed by atoms with Crippen LogP contribution in [0.2, 0.25) is 0 Å². The average molecular weight is 289 g/mol. The highest BCUT2D eigenvalue weighted by molar-refractivity contribution is 5.48. The average Bonchev–Trinajstić information content (AvgIpc) is 2.50. The smallest absolute Gasteiger partial charge is 0.128 e.